The van der Waals surface area contributed by atoms with Crippen molar-refractivity contribution in [3.8, 4) is 16.9 Å². The number of benzene rings is 3. The molecule has 0 saturated heterocycles. The van der Waals surface area contributed by atoms with Gasteiger partial charge in [-0.2, -0.15) is 0 Å². The van der Waals surface area contributed by atoms with Crippen molar-refractivity contribution in [3.63, 3.8) is 0 Å². The predicted molar refractivity (Wildman–Crippen MR) is 102 cm³/mol. The van der Waals surface area contributed by atoms with E-state index in [9.17, 15) is 9.59 Å². The number of hydrogen-bond donors (Lipinski definition) is 1. The van der Waals surface area contributed by atoms with Crippen LogP contribution in [0.15, 0.2) is 84.9 Å². The third-order valence-corrected chi connectivity index (χ3v) is 3.93. The van der Waals surface area contributed by atoms with Gasteiger partial charge in [0.25, 0.3) is 5.91 Å². The molecule has 0 spiro atoms. The molecule has 0 aliphatic heterocycles. The highest BCUT2D eigenvalue weighted by Crippen LogP contribution is 2.29. The van der Waals surface area contributed by atoms with Crippen molar-refractivity contribution in [2.75, 3.05) is 6.61 Å². The van der Waals surface area contributed by atoms with Crippen molar-refractivity contribution < 1.29 is 19.1 Å². The van der Waals surface area contributed by atoms with E-state index < -0.39 is 18.0 Å². The second kappa shape index (κ2) is 8.67. The first-order chi connectivity index (χ1) is 13.1. The van der Waals surface area contributed by atoms with Gasteiger partial charge in [0.2, 0.25) is 6.10 Å². The zero-order valence-electron chi connectivity index (χ0n) is 14.6. The van der Waals surface area contributed by atoms with E-state index in [2.05, 4.69) is 0 Å². The summed E-state index contributed by atoms with van der Waals surface area (Å²) in [4.78, 5) is 23.9. The van der Waals surface area contributed by atoms with Crippen molar-refractivity contribution in [3.05, 3.63) is 90.5 Å². The van der Waals surface area contributed by atoms with E-state index in [1.165, 1.54) is 0 Å². The second-order valence-electron chi connectivity index (χ2n) is 5.83. The lowest BCUT2D eigenvalue weighted by Gasteiger charge is -2.16. The van der Waals surface area contributed by atoms with Gasteiger partial charge in [-0.25, -0.2) is 4.79 Å². The quantitative estimate of drug-likeness (QED) is 0.653. The third kappa shape index (κ3) is 4.73. The molecule has 0 heterocycles. The molecule has 27 heavy (non-hydrogen) atoms. The number of carbonyl (C=O) groups is 2. The summed E-state index contributed by atoms with van der Waals surface area (Å²) >= 11 is 0. The van der Waals surface area contributed by atoms with Crippen LogP contribution in [0.4, 0.5) is 0 Å². The molecular weight excluding hydrogens is 342 g/mol. The number of ether oxygens (including phenoxy) is 2. The molecule has 1 amide bonds. The van der Waals surface area contributed by atoms with Crippen LogP contribution in [0, 0.1) is 0 Å². The van der Waals surface area contributed by atoms with Gasteiger partial charge < -0.3 is 15.2 Å². The van der Waals surface area contributed by atoms with E-state index in [4.69, 9.17) is 15.2 Å². The number of carbonyl (C=O) groups excluding carboxylic acids is 2. The smallest absolute Gasteiger partial charge is 0.345 e. The summed E-state index contributed by atoms with van der Waals surface area (Å²) in [5.74, 6) is -0.860. The van der Waals surface area contributed by atoms with Crippen LogP contribution in [0.3, 0.4) is 0 Å². The molecule has 1 atom stereocenters. The van der Waals surface area contributed by atoms with Crippen LogP contribution in [0.25, 0.3) is 11.1 Å². The molecule has 136 valence electrons. The molecular formula is C22H19NO4. The van der Waals surface area contributed by atoms with Crippen LogP contribution in [-0.2, 0) is 14.3 Å². The van der Waals surface area contributed by atoms with Crippen LogP contribution in [-0.4, -0.2) is 18.5 Å². The average Bonchev–Trinajstić information content (AvgIpc) is 2.72. The summed E-state index contributed by atoms with van der Waals surface area (Å²) < 4.78 is 10.9. The molecule has 0 aliphatic rings. The molecule has 0 radical (unpaired) electrons. The summed E-state index contributed by atoms with van der Waals surface area (Å²) in [6, 6.07) is 25.7. The van der Waals surface area contributed by atoms with Crippen LogP contribution in [0.2, 0.25) is 0 Å². The van der Waals surface area contributed by atoms with Crippen molar-refractivity contribution in [2.45, 2.75) is 6.10 Å². The molecule has 0 saturated carbocycles. The van der Waals surface area contributed by atoms with E-state index >= 15 is 0 Å². The van der Waals surface area contributed by atoms with Crippen molar-refractivity contribution >= 4 is 11.9 Å². The summed E-state index contributed by atoms with van der Waals surface area (Å²) in [7, 11) is 0. The molecule has 0 aliphatic carbocycles. The molecule has 0 aromatic heterocycles. The Balaban J connectivity index is 1.69. The number of rotatable bonds is 7. The highest BCUT2D eigenvalue weighted by Gasteiger charge is 2.22. The Morgan fingerprint density at radius 1 is 0.815 bits per heavy atom. The highest BCUT2D eigenvalue weighted by molar-refractivity contribution is 5.84. The monoisotopic (exact) mass is 361 g/mol. The molecule has 3 aromatic carbocycles. The van der Waals surface area contributed by atoms with Gasteiger partial charge in [0.05, 0.1) is 0 Å². The fourth-order valence-electron chi connectivity index (χ4n) is 2.67. The topological polar surface area (TPSA) is 78.6 Å². The molecule has 3 aromatic rings. The number of primary amides is 1. The molecule has 0 bridgehead atoms. The van der Waals surface area contributed by atoms with Crippen molar-refractivity contribution in [1.29, 1.82) is 0 Å². The Hall–Kier alpha value is -3.60. The minimum atomic E-state index is -1.15. The zero-order chi connectivity index (χ0) is 19.1. The van der Waals surface area contributed by atoms with Gasteiger partial charge in [-0.1, -0.05) is 78.9 Å². The normalized spacial score (nSPS) is 11.4. The van der Waals surface area contributed by atoms with Crippen molar-refractivity contribution in [1.82, 2.24) is 0 Å². The lowest BCUT2D eigenvalue weighted by molar-refractivity contribution is -0.157. The molecule has 2 N–H and O–H groups in total. The average molecular weight is 361 g/mol. The number of esters is 1. The Morgan fingerprint density at radius 3 is 2.07 bits per heavy atom. The van der Waals surface area contributed by atoms with E-state index in [1.54, 1.807) is 36.4 Å². The lowest BCUT2D eigenvalue weighted by atomic mass is 10.1. The zero-order valence-corrected chi connectivity index (χ0v) is 14.6. The first-order valence-corrected chi connectivity index (χ1v) is 8.46. The first kappa shape index (κ1) is 18.2. The standard InChI is InChI=1S/C22H19NO4/c23-22(25)21(17-11-5-2-6-12-17)27-20(24)15-26-19-14-8-7-13-18(19)16-9-3-1-4-10-16/h1-14,21H,15H2,(H2,23,25)/t21-/m0/s1. The summed E-state index contributed by atoms with van der Waals surface area (Å²) in [5.41, 5.74) is 7.72. The second-order valence-corrected chi connectivity index (χ2v) is 5.83. The van der Waals surface area contributed by atoms with Crippen LogP contribution in [0.5, 0.6) is 5.75 Å². The number of para-hydroxylation sites is 1. The van der Waals surface area contributed by atoms with E-state index in [1.807, 2.05) is 48.5 Å². The molecule has 5 nitrogen and oxygen atoms in total. The predicted octanol–water partition coefficient (Wildman–Crippen LogP) is 3.50. The van der Waals surface area contributed by atoms with Crippen molar-refractivity contribution in [2.24, 2.45) is 5.73 Å². The maximum atomic E-state index is 12.2. The van der Waals surface area contributed by atoms with Gasteiger partial charge in [-0.05, 0) is 11.6 Å². The van der Waals surface area contributed by atoms with Gasteiger partial charge >= 0.3 is 5.97 Å². The third-order valence-electron chi connectivity index (χ3n) is 3.93. The molecule has 0 unspecified atom stereocenters. The van der Waals surface area contributed by atoms with Gasteiger partial charge in [0.15, 0.2) is 6.61 Å². The van der Waals surface area contributed by atoms with E-state index in [-0.39, 0.29) is 6.61 Å². The van der Waals surface area contributed by atoms with Gasteiger partial charge in [-0.15, -0.1) is 0 Å². The minimum Gasteiger partial charge on any atom is -0.481 e. The van der Waals surface area contributed by atoms with Gasteiger partial charge in [0.1, 0.15) is 5.75 Å². The maximum absolute atomic E-state index is 12.2. The molecule has 3 rings (SSSR count). The Kier molecular flexibility index (Phi) is 5.84. The van der Waals surface area contributed by atoms with Gasteiger partial charge in [0, 0.05) is 11.1 Å². The summed E-state index contributed by atoms with van der Waals surface area (Å²) in [5, 5.41) is 0. The van der Waals surface area contributed by atoms with E-state index in [0.717, 1.165) is 11.1 Å². The number of hydrogen-bond acceptors (Lipinski definition) is 4. The minimum absolute atomic E-state index is 0.333. The Morgan fingerprint density at radius 2 is 1.41 bits per heavy atom. The van der Waals surface area contributed by atoms with Gasteiger partial charge in [-0.3, -0.25) is 4.79 Å². The van der Waals surface area contributed by atoms with Crippen LogP contribution < -0.4 is 10.5 Å². The number of nitrogens with two attached hydrogens (primary N) is 1. The maximum Gasteiger partial charge on any atom is 0.345 e. The van der Waals surface area contributed by atoms with Crippen LogP contribution >= 0.6 is 0 Å². The number of amides is 1. The fraction of sp³-hybridized carbons (Fsp3) is 0.0909. The summed E-state index contributed by atoms with van der Waals surface area (Å²) in [6.45, 7) is -0.333. The summed E-state index contributed by atoms with van der Waals surface area (Å²) in [6.07, 6.45) is -1.15. The van der Waals surface area contributed by atoms with Crippen LogP contribution in [0.1, 0.15) is 11.7 Å². The SMILES string of the molecule is NC(=O)[C@@H](OC(=O)COc1ccccc1-c1ccccc1)c1ccccc1. The molecule has 5 heteroatoms. The largest absolute Gasteiger partial charge is 0.481 e. The Labute approximate surface area is 157 Å². The fourth-order valence-corrected chi connectivity index (χ4v) is 2.67. The highest BCUT2D eigenvalue weighted by atomic mass is 16.6. The lowest BCUT2D eigenvalue weighted by Crippen LogP contribution is -2.28. The molecule has 0 fully saturated rings. The first-order valence-electron chi connectivity index (χ1n) is 8.46. The Bertz CT molecular complexity index is 910. The van der Waals surface area contributed by atoms with E-state index in [0.29, 0.717) is 11.3 Å².